The van der Waals surface area contributed by atoms with Crippen molar-refractivity contribution >= 4 is 0 Å². The summed E-state index contributed by atoms with van der Waals surface area (Å²) in [6.07, 6.45) is 12.3. The normalized spacial score (nSPS) is 20.1. The molecule has 0 spiro atoms. The van der Waals surface area contributed by atoms with Gasteiger partial charge in [-0.2, -0.15) is 0 Å². The number of rotatable bonds is 7. The largest absolute Gasteiger partial charge is 0.271 e. The van der Waals surface area contributed by atoms with Crippen LogP contribution < -0.4 is 11.3 Å². The third-order valence-corrected chi connectivity index (χ3v) is 3.54. The smallest absolute Gasteiger partial charge is 0.0210 e. The summed E-state index contributed by atoms with van der Waals surface area (Å²) < 4.78 is 0. The van der Waals surface area contributed by atoms with Gasteiger partial charge in [0, 0.05) is 6.04 Å². The maximum absolute atomic E-state index is 5.55. The Kier molecular flexibility index (Phi) is 6.20. The zero-order valence-electron chi connectivity index (χ0n) is 9.60. The van der Waals surface area contributed by atoms with Crippen LogP contribution in [0.1, 0.15) is 64.7 Å². The van der Waals surface area contributed by atoms with Crippen molar-refractivity contribution < 1.29 is 0 Å². The van der Waals surface area contributed by atoms with E-state index < -0.39 is 0 Å². The van der Waals surface area contributed by atoms with Crippen molar-refractivity contribution in [2.24, 2.45) is 11.8 Å². The van der Waals surface area contributed by atoms with Crippen LogP contribution in [0, 0.1) is 5.92 Å². The number of nitrogens with one attached hydrogen (secondary N) is 1. The maximum atomic E-state index is 5.55. The Labute approximate surface area is 88.6 Å². The molecule has 1 unspecified atom stereocenters. The van der Waals surface area contributed by atoms with Gasteiger partial charge in [0.1, 0.15) is 0 Å². The SMILES string of the molecule is CCCCC(CCC1CCCC1)NN. The molecular weight excluding hydrogens is 172 g/mol. The highest BCUT2D eigenvalue weighted by Crippen LogP contribution is 2.29. The lowest BCUT2D eigenvalue weighted by atomic mass is 9.96. The van der Waals surface area contributed by atoms with E-state index in [1.165, 1.54) is 57.8 Å². The van der Waals surface area contributed by atoms with Crippen LogP contribution in [-0.2, 0) is 0 Å². The number of hydrogen-bond acceptors (Lipinski definition) is 2. The maximum Gasteiger partial charge on any atom is 0.0210 e. The van der Waals surface area contributed by atoms with Gasteiger partial charge in [-0.15, -0.1) is 0 Å². The molecule has 84 valence electrons. The Morgan fingerprint density at radius 3 is 2.57 bits per heavy atom. The van der Waals surface area contributed by atoms with Crippen LogP contribution in [0.25, 0.3) is 0 Å². The molecular formula is C12H26N2. The molecule has 0 amide bonds. The fourth-order valence-electron chi connectivity index (χ4n) is 2.50. The van der Waals surface area contributed by atoms with Gasteiger partial charge in [-0.1, -0.05) is 45.4 Å². The van der Waals surface area contributed by atoms with E-state index >= 15 is 0 Å². The molecule has 0 bridgehead atoms. The van der Waals surface area contributed by atoms with Gasteiger partial charge in [-0.05, 0) is 25.2 Å². The lowest BCUT2D eigenvalue weighted by molar-refractivity contribution is 0.387. The standard InChI is InChI=1S/C12H26N2/c1-2-3-8-12(14-13)10-9-11-6-4-5-7-11/h11-12,14H,2-10,13H2,1H3. The molecule has 1 rings (SSSR count). The molecule has 0 aliphatic heterocycles. The van der Waals surface area contributed by atoms with Crippen LogP contribution in [0.3, 0.4) is 0 Å². The highest BCUT2D eigenvalue weighted by Gasteiger charge is 2.16. The molecule has 0 saturated heterocycles. The lowest BCUT2D eigenvalue weighted by Crippen LogP contribution is -2.35. The molecule has 0 aromatic rings. The van der Waals surface area contributed by atoms with Gasteiger partial charge in [0.2, 0.25) is 0 Å². The van der Waals surface area contributed by atoms with Crippen molar-refractivity contribution in [1.82, 2.24) is 5.43 Å². The summed E-state index contributed by atoms with van der Waals surface area (Å²) in [7, 11) is 0. The second-order valence-corrected chi connectivity index (χ2v) is 4.73. The Hall–Kier alpha value is -0.0800. The first-order valence-electron chi connectivity index (χ1n) is 6.33. The van der Waals surface area contributed by atoms with Gasteiger partial charge in [0.15, 0.2) is 0 Å². The van der Waals surface area contributed by atoms with E-state index in [9.17, 15) is 0 Å². The topological polar surface area (TPSA) is 38.0 Å². The van der Waals surface area contributed by atoms with Crippen molar-refractivity contribution in [2.75, 3.05) is 0 Å². The molecule has 2 heteroatoms. The minimum absolute atomic E-state index is 0.565. The number of nitrogens with two attached hydrogens (primary N) is 1. The second kappa shape index (κ2) is 7.24. The first-order chi connectivity index (χ1) is 6.86. The summed E-state index contributed by atoms with van der Waals surface area (Å²) in [5.74, 6) is 6.56. The van der Waals surface area contributed by atoms with Crippen LogP contribution in [0.15, 0.2) is 0 Å². The van der Waals surface area contributed by atoms with Crippen LogP contribution >= 0.6 is 0 Å². The number of unbranched alkanes of at least 4 members (excludes halogenated alkanes) is 1. The summed E-state index contributed by atoms with van der Waals surface area (Å²) >= 11 is 0. The summed E-state index contributed by atoms with van der Waals surface area (Å²) in [4.78, 5) is 0. The first-order valence-corrected chi connectivity index (χ1v) is 6.33. The van der Waals surface area contributed by atoms with Crippen molar-refractivity contribution in [3.63, 3.8) is 0 Å². The Balaban J connectivity index is 2.06. The van der Waals surface area contributed by atoms with E-state index in [1.54, 1.807) is 0 Å². The molecule has 0 aromatic carbocycles. The lowest BCUT2D eigenvalue weighted by Gasteiger charge is -2.17. The van der Waals surface area contributed by atoms with Crippen LogP contribution in [0.5, 0.6) is 0 Å². The van der Waals surface area contributed by atoms with Gasteiger partial charge in [0.25, 0.3) is 0 Å². The third kappa shape index (κ3) is 4.43. The minimum Gasteiger partial charge on any atom is -0.271 e. The Morgan fingerprint density at radius 2 is 2.00 bits per heavy atom. The second-order valence-electron chi connectivity index (χ2n) is 4.73. The van der Waals surface area contributed by atoms with Gasteiger partial charge in [-0.3, -0.25) is 11.3 Å². The van der Waals surface area contributed by atoms with E-state index in [2.05, 4.69) is 12.3 Å². The monoisotopic (exact) mass is 198 g/mol. The van der Waals surface area contributed by atoms with Gasteiger partial charge in [-0.25, -0.2) is 0 Å². The fourth-order valence-corrected chi connectivity index (χ4v) is 2.50. The van der Waals surface area contributed by atoms with Crippen LogP contribution in [-0.4, -0.2) is 6.04 Å². The van der Waals surface area contributed by atoms with Crippen molar-refractivity contribution in [2.45, 2.75) is 70.8 Å². The molecule has 0 heterocycles. The average molecular weight is 198 g/mol. The van der Waals surface area contributed by atoms with Gasteiger partial charge in [0.05, 0.1) is 0 Å². The van der Waals surface area contributed by atoms with Gasteiger partial charge < -0.3 is 0 Å². The average Bonchev–Trinajstić information content (AvgIpc) is 2.71. The van der Waals surface area contributed by atoms with E-state index in [4.69, 9.17) is 5.84 Å². The molecule has 0 radical (unpaired) electrons. The molecule has 1 saturated carbocycles. The molecule has 1 aliphatic carbocycles. The predicted molar refractivity (Wildman–Crippen MR) is 61.8 cm³/mol. The Morgan fingerprint density at radius 1 is 1.29 bits per heavy atom. The summed E-state index contributed by atoms with van der Waals surface area (Å²) in [6.45, 7) is 2.24. The quantitative estimate of drug-likeness (QED) is 0.487. The predicted octanol–water partition coefficient (Wildman–Crippen LogP) is 2.98. The summed E-state index contributed by atoms with van der Waals surface area (Å²) in [6, 6.07) is 0.565. The first kappa shape index (κ1) is 12.0. The molecule has 3 N–H and O–H groups in total. The van der Waals surface area contributed by atoms with Gasteiger partial charge >= 0.3 is 0 Å². The zero-order valence-corrected chi connectivity index (χ0v) is 9.60. The molecule has 0 aromatic heterocycles. The zero-order chi connectivity index (χ0) is 10.2. The third-order valence-electron chi connectivity index (χ3n) is 3.54. The van der Waals surface area contributed by atoms with E-state index in [0.29, 0.717) is 6.04 Å². The van der Waals surface area contributed by atoms with E-state index in [1.807, 2.05) is 0 Å². The van der Waals surface area contributed by atoms with Crippen LogP contribution in [0.4, 0.5) is 0 Å². The fraction of sp³-hybridized carbons (Fsp3) is 1.00. The van der Waals surface area contributed by atoms with E-state index in [0.717, 1.165) is 5.92 Å². The minimum atomic E-state index is 0.565. The Bertz CT molecular complexity index is 130. The van der Waals surface area contributed by atoms with Crippen LogP contribution in [0.2, 0.25) is 0 Å². The molecule has 2 nitrogen and oxygen atoms in total. The molecule has 1 atom stereocenters. The summed E-state index contributed by atoms with van der Waals surface area (Å²) in [5, 5.41) is 0. The van der Waals surface area contributed by atoms with E-state index in [-0.39, 0.29) is 0 Å². The number of hydrazine groups is 1. The van der Waals surface area contributed by atoms with Crippen molar-refractivity contribution in [3.05, 3.63) is 0 Å². The van der Waals surface area contributed by atoms with Crippen molar-refractivity contribution in [3.8, 4) is 0 Å². The molecule has 1 fully saturated rings. The number of hydrogen-bond donors (Lipinski definition) is 2. The molecule has 14 heavy (non-hydrogen) atoms. The molecule has 1 aliphatic rings. The van der Waals surface area contributed by atoms with Crippen molar-refractivity contribution in [1.29, 1.82) is 0 Å². The summed E-state index contributed by atoms with van der Waals surface area (Å²) in [5.41, 5.74) is 2.96. The highest BCUT2D eigenvalue weighted by molar-refractivity contribution is 4.71. The highest BCUT2D eigenvalue weighted by atomic mass is 15.2.